The minimum absolute atomic E-state index is 0.0621. The SMILES string of the molecule is C#CCC(NC(=O)c1ccc2cn[nH]c2c1)C(=O)O. The molecule has 1 aromatic heterocycles. The van der Waals surface area contributed by atoms with Crippen LogP contribution in [0, 0.1) is 12.3 Å². The second-order valence-electron chi connectivity index (χ2n) is 3.94. The number of aromatic amines is 1. The van der Waals surface area contributed by atoms with Crippen LogP contribution in [0.15, 0.2) is 24.4 Å². The van der Waals surface area contributed by atoms with Crippen LogP contribution in [0.3, 0.4) is 0 Å². The molecule has 1 amide bonds. The molecular weight excluding hydrogens is 246 g/mol. The molecule has 1 atom stereocenters. The quantitative estimate of drug-likeness (QED) is 0.705. The van der Waals surface area contributed by atoms with Gasteiger partial charge in [0.2, 0.25) is 0 Å². The lowest BCUT2D eigenvalue weighted by atomic mass is 10.1. The molecule has 0 aliphatic carbocycles. The average molecular weight is 257 g/mol. The van der Waals surface area contributed by atoms with E-state index in [4.69, 9.17) is 11.5 Å². The van der Waals surface area contributed by atoms with Gasteiger partial charge in [0.05, 0.1) is 11.7 Å². The van der Waals surface area contributed by atoms with Gasteiger partial charge in [-0.3, -0.25) is 9.89 Å². The molecule has 0 aliphatic heterocycles. The molecule has 0 saturated heterocycles. The Balaban J connectivity index is 2.18. The van der Waals surface area contributed by atoms with Crippen LogP contribution >= 0.6 is 0 Å². The number of benzene rings is 1. The molecule has 1 heterocycles. The number of hydrogen-bond donors (Lipinski definition) is 3. The number of aliphatic carboxylic acids is 1. The number of hydrogen-bond acceptors (Lipinski definition) is 3. The molecule has 0 radical (unpaired) electrons. The molecule has 96 valence electrons. The van der Waals surface area contributed by atoms with Gasteiger partial charge >= 0.3 is 5.97 Å². The normalized spacial score (nSPS) is 11.7. The molecular formula is C13H11N3O3. The maximum absolute atomic E-state index is 11.9. The van der Waals surface area contributed by atoms with Gasteiger partial charge in [-0.2, -0.15) is 5.10 Å². The summed E-state index contributed by atoms with van der Waals surface area (Å²) in [4.78, 5) is 22.8. The molecule has 6 nitrogen and oxygen atoms in total. The van der Waals surface area contributed by atoms with Crippen molar-refractivity contribution in [2.75, 3.05) is 0 Å². The largest absolute Gasteiger partial charge is 0.480 e. The van der Waals surface area contributed by atoms with Crippen LogP contribution in [0.1, 0.15) is 16.8 Å². The van der Waals surface area contributed by atoms with E-state index >= 15 is 0 Å². The van der Waals surface area contributed by atoms with E-state index in [0.29, 0.717) is 11.1 Å². The van der Waals surface area contributed by atoms with Crippen molar-refractivity contribution in [1.29, 1.82) is 0 Å². The molecule has 1 unspecified atom stereocenters. The molecule has 6 heteroatoms. The maximum Gasteiger partial charge on any atom is 0.327 e. The Bertz CT molecular complexity index is 669. The summed E-state index contributed by atoms with van der Waals surface area (Å²) in [7, 11) is 0. The number of terminal acetylenes is 1. The number of rotatable bonds is 4. The fourth-order valence-corrected chi connectivity index (χ4v) is 1.64. The molecule has 0 fully saturated rings. The number of aromatic nitrogens is 2. The number of carbonyl (C=O) groups is 2. The summed E-state index contributed by atoms with van der Waals surface area (Å²) in [5.41, 5.74) is 1.05. The first-order valence-corrected chi connectivity index (χ1v) is 5.52. The van der Waals surface area contributed by atoms with Crippen molar-refractivity contribution in [3.8, 4) is 12.3 Å². The van der Waals surface area contributed by atoms with Crippen LogP contribution in [0.5, 0.6) is 0 Å². The number of nitrogens with one attached hydrogen (secondary N) is 2. The average Bonchev–Trinajstić information content (AvgIpc) is 2.85. The van der Waals surface area contributed by atoms with Crippen LogP contribution in [0.25, 0.3) is 10.9 Å². The van der Waals surface area contributed by atoms with E-state index in [0.717, 1.165) is 5.39 Å². The number of amides is 1. The Morgan fingerprint density at radius 1 is 1.53 bits per heavy atom. The van der Waals surface area contributed by atoms with Gasteiger partial charge in [0.1, 0.15) is 6.04 Å². The van der Waals surface area contributed by atoms with Crippen molar-refractivity contribution in [2.45, 2.75) is 12.5 Å². The summed E-state index contributed by atoms with van der Waals surface area (Å²) in [5.74, 6) is 0.574. The summed E-state index contributed by atoms with van der Waals surface area (Å²) in [6.45, 7) is 0. The van der Waals surface area contributed by atoms with Crippen LogP contribution in [-0.4, -0.2) is 33.2 Å². The van der Waals surface area contributed by atoms with E-state index in [9.17, 15) is 9.59 Å². The molecule has 0 aliphatic rings. The number of carbonyl (C=O) groups excluding carboxylic acids is 1. The van der Waals surface area contributed by atoms with Crippen LogP contribution in [0.2, 0.25) is 0 Å². The predicted molar refractivity (Wildman–Crippen MR) is 68.4 cm³/mol. The molecule has 19 heavy (non-hydrogen) atoms. The van der Waals surface area contributed by atoms with Crippen LogP contribution in [0.4, 0.5) is 0 Å². The maximum atomic E-state index is 11.9. The first-order valence-electron chi connectivity index (χ1n) is 5.52. The summed E-state index contributed by atoms with van der Waals surface area (Å²) in [6, 6.07) is 3.84. The van der Waals surface area contributed by atoms with Crippen LogP contribution < -0.4 is 5.32 Å². The third-order valence-corrected chi connectivity index (χ3v) is 2.63. The first kappa shape index (κ1) is 12.6. The molecule has 0 saturated carbocycles. The Morgan fingerprint density at radius 2 is 2.32 bits per heavy atom. The number of nitrogens with zero attached hydrogens (tertiary/aromatic N) is 1. The number of carboxylic acids is 1. The Labute approximate surface area is 108 Å². The van der Waals surface area contributed by atoms with E-state index in [1.54, 1.807) is 24.4 Å². The fourth-order valence-electron chi connectivity index (χ4n) is 1.64. The van der Waals surface area contributed by atoms with Gasteiger partial charge in [0.15, 0.2) is 0 Å². The molecule has 1 aromatic carbocycles. The summed E-state index contributed by atoms with van der Waals surface area (Å²) in [5, 5.41) is 18.7. The van der Waals surface area contributed by atoms with Gasteiger partial charge in [-0.05, 0) is 12.1 Å². The zero-order valence-corrected chi connectivity index (χ0v) is 9.88. The van der Waals surface area contributed by atoms with Gasteiger partial charge in [-0.1, -0.05) is 6.07 Å². The Morgan fingerprint density at radius 3 is 3.00 bits per heavy atom. The van der Waals surface area contributed by atoms with Gasteiger partial charge in [0, 0.05) is 17.4 Å². The third kappa shape index (κ3) is 2.72. The molecule has 2 rings (SSSR count). The van der Waals surface area contributed by atoms with E-state index < -0.39 is 17.9 Å². The minimum atomic E-state index is -1.16. The lowest BCUT2D eigenvalue weighted by Gasteiger charge is -2.11. The highest BCUT2D eigenvalue weighted by molar-refractivity contribution is 5.99. The summed E-state index contributed by atoms with van der Waals surface area (Å²) >= 11 is 0. The smallest absolute Gasteiger partial charge is 0.327 e. The summed E-state index contributed by atoms with van der Waals surface area (Å²) in [6.07, 6.45) is 6.64. The van der Waals surface area contributed by atoms with Gasteiger partial charge < -0.3 is 10.4 Å². The topological polar surface area (TPSA) is 95.1 Å². The van der Waals surface area contributed by atoms with Crippen molar-refractivity contribution in [3.63, 3.8) is 0 Å². The molecule has 0 spiro atoms. The number of H-pyrrole nitrogens is 1. The van der Waals surface area contributed by atoms with Crippen molar-refractivity contribution in [3.05, 3.63) is 30.0 Å². The summed E-state index contributed by atoms with van der Waals surface area (Å²) < 4.78 is 0. The second-order valence-corrected chi connectivity index (χ2v) is 3.94. The lowest BCUT2D eigenvalue weighted by Crippen LogP contribution is -2.40. The Kier molecular flexibility index (Phi) is 3.48. The van der Waals surface area contributed by atoms with Crippen molar-refractivity contribution in [1.82, 2.24) is 15.5 Å². The zero-order valence-electron chi connectivity index (χ0n) is 9.88. The first-order chi connectivity index (χ1) is 9.11. The van der Waals surface area contributed by atoms with Crippen molar-refractivity contribution in [2.24, 2.45) is 0 Å². The van der Waals surface area contributed by atoms with E-state index in [1.165, 1.54) is 0 Å². The molecule has 0 bridgehead atoms. The number of carboxylic acid groups (broad SMARTS) is 1. The van der Waals surface area contributed by atoms with Crippen LogP contribution in [-0.2, 0) is 4.79 Å². The van der Waals surface area contributed by atoms with E-state index in [-0.39, 0.29) is 6.42 Å². The number of fused-ring (bicyclic) bond motifs is 1. The van der Waals surface area contributed by atoms with Crippen molar-refractivity contribution < 1.29 is 14.7 Å². The molecule has 2 aromatic rings. The van der Waals surface area contributed by atoms with Gasteiger partial charge in [0.25, 0.3) is 5.91 Å². The minimum Gasteiger partial charge on any atom is -0.480 e. The highest BCUT2D eigenvalue weighted by atomic mass is 16.4. The monoisotopic (exact) mass is 257 g/mol. The highest BCUT2D eigenvalue weighted by Gasteiger charge is 2.19. The van der Waals surface area contributed by atoms with E-state index in [2.05, 4.69) is 21.4 Å². The Hall–Kier alpha value is -2.81. The highest BCUT2D eigenvalue weighted by Crippen LogP contribution is 2.12. The van der Waals surface area contributed by atoms with Gasteiger partial charge in [-0.25, -0.2) is 4.79 Å². The predicted octanol–water partition coefficient (Wildman–Crippen LogP) is 0.769. The van der Waals surface area contributed by atoms with Gasteiger partial charge in [-0.15, -0.1) is 12.3 Å². The second kappa shape index (κ2) is 5.23. The lowest BCUT2D eigenvalue weighted by molar-refractivity contribution is -0.139. The fraction of sp³-hybridized carbons (Fsp3) is 0.154. The molecule has 3 N–H and O–H groups in total. The zero-order chi connectivity index (χ0) is 13.8. The van der Waals surface area contributed by atoms with E-state index in [1.807, 2.05) is 0 Å². The van der Waals surface area contributed by atoms with Crippen molar-refractivity contribution >= 4 is 22.8 Å². The standard InChI is InChI=1S/C13H11N3O3/c1-2-3-10(13(18)19)15-12(17)8-4-5-9-7-14-16-11(9)6-8/h1,4-7,10H,3H2,(H,14,16)(H,15,17)(H,18,19). The third-order valence-electron chi connectivity index (χ3n) is 2.63.